The van der Waals surface area contributed by atoms with Crippen molar-refractivity contribution < 1.29 is 14.5 Å². The summed E-state index contributed by atoms with van der Waals surface area (Å²) in [5.74, 6) is 0.923. The molecule has 144 valence electrons. The Morgan fingerprint density at radius 2 is 2.11 bits per heavy atom. The average Bonchev–Trinajstić information content (AvgIpc) is 3.22. The molecular weight excluding hydrogens is 422 g/mol. The van der Waals surface area contributed by atoms with Gasteiger partial charge in [0.25, 0.3) is 11.6 Å². The lowest BCUT2D eigenvalue weighted by Gasteiger charge is -2.25. The molecule has 2 saturated heterocycles. The Hall–Kier alpha value is -2.36. The number of thioether (sulfide) groups is 1. The molecule has 2 heterocycles. The Labute approximate surface area is 175 Å². The number of nitro groups is 1. The van der Waals surface area contributed by atoms with Gasteiger partial charge in [-0.15, -0.1) is 11.8 Å². The Morgan fingerprint density at radius 1 is 1.32 bits per heavy atom. The highest BCUT2D eigenvalue weighted by Crippen LogP contribution is 2.47. The predicted octanol–water partition coefficient (Wildman–Crippen LogP) is 4.00. The van der Waals surface area contributed by atoms with Gasteiger partial charge in [-0.2, -0.15) is 0 Å². The first-order valence-electron chi connectivity index (χ1n) is 8.28. The number of hydrogen-bond acceptors (Lipinski definition) is 6. The number of amides is 1. The number of fused-ring (bicyclic) bond motifs is 1. The van der Waals surface area contributed by atoms with Crippen LogP contribution in [0.2, 0.25) is 5.02 Å². The molecule has 2 fully saturated rings. The number of carbonyl (C=O) groups excluding carboxylic acids is 1. The topological polar surface area (TPSA) is 75.9 Å². The Kier molecular flexibility index (Phi) is 4.90. The number of anilines is 1. The van der Waals surface area contributed by atoms with Gasteiger partial charge in [0.1, 0.15) is 17.2 Å². The molecule has 28 heavy (non-hydrogen) atoms. The summed E-state index contributed by atoms with van der Waals surface area (Å²) in [4.78, 5) is 27.0. The van der Waals surface area contributed by atoms with Crippen LogP contribution in [0.15, 0.2) is 42.5 Å². The van der Waals surface area contributed by atoms with Crippen LogP contribution >= 0.6 is 35.6 Å². The molecule has 2 aromatic rings. The molecule has 10 heteroatoms. The molecule has 0 N–H and O–H groups in total. The van der Waals surface area contributed by atoms with Crippen molar-refractivity contribution in [1.82, 2.24) is 4.90 Å². The molecule has 7 nitrogen and oxygen atoms in total. The molecule has 0 bridgehead atoms. The molecule has 2 unspecified atom stereocenters. The second-order valence-corrected chi connectivity index (χ2v) is 8.12. The van der Waals surface area contributed by atoms with Crippen LogP contribution in [0.5, 0.6) is 5.75 Å². The minimum absolute atomic E-state index is 0.0109. The van der Waals surface area contributed by atoms with E-state index in [4.69, 9.17) is 28.6 Å². The summed E-state index contributed by atoms with van der Waals surface area (Å²) in [5, 5.41) is 11.6. The van der Waals surface area contributed by atoms with Crippen molar-refractivity contribution in [3.05, 3.63) is 63.2 Å². The number of nitro benzene ring substituents is 1. The molecular formula is C18H14ClN3O4S2. The highest BCUT2D eigenvalue weighted by molar-refractivity contribution is 7.99. The SMILES string of the molecule is COc1ccc(N2C(=O)C3CSC(c4cccc([N+](=O)[O-])c4)N3C2=S)cc1Cl. The first-order valence-corrected chi connectivity index (χ1v) is 10.1. The van der Waals surface area contributed by atoms with Crippen molar-refractivity contribution in [3.63, 3.8) is 0 Å². The van der Waals surface area contributed by atoms with Gasteiger partial charge in [-0.25, -0.2) is 0 Å². The van der Waals surface area contributed by atoms with E-state index in [9.17, 15) is 14.9 Å². The average molecular weight is 436 g/mol. The first kappa shape index (κ1) is 19.0. The van der Waals surface area contributed by atoms with Gasteiger partial charge in [-0.05, 0) is 36.0 Å². The van der Waals surface area contributed by atoms with E-state index in [0.29, 0.717) is 27.3 Å². The van der Waals surface area contributed by atoms with Gasteiger partial charge in [-0.1, -0.05) is 23.7 Å². The highest BCUT2D eigenvalue weighted by Gasteiger charge is 2.51. The zero-order valence-electron chi connectivity index (χ0n) is 14.6. The molecule has 0 aliphatic carbocycles. The molecule has 0 spiro atoms. The number of benzene rings is 2. The molecule has 4 rings (SSSR count). The Bertz CT molecular complexity index is 1000. The Morgan fingerprint density at radius 3 is 2.79 bits per heavy atom. The number of methoxy groups -OCH3 is 1. The highest BCUT2D eigenvalue weighted by atomic mass is 35.5. The van der Waals surface area contributed by atoms with E-state index in [0.717, 1.165) is 5.56 Å². The molecule has 0 saturated carbocycles. The third-order valence-electron chi connectivity index (χ3n) is 4.68. The number of hydrogen-bond donors (Lipinski definition) is 0. The summed E-state index contributed by atoms with van der Waals surface area (Å²) in [7, 11) is 1.52. The number of carbonyl (C=O) groups is 1. The van der Waals surface area contributed by atoms with Crippen molar-refractivity contribution in [3.8, 4) is 5.75 Å². The summed E-state index contributed by atoms with van der Waals surface area (Å²) >= 11 is 13.4. The normalized spacial score (nSPS) is 21.2. The minimum atomic E-state index is -0.431. The lowest BCUT2D eigenvalue weighted by molar-refractivity contribution is -0.384. The fourth-order valence-corrected chi connectivity index (χ4v) is 5.53. The minimum Gasteiger partial charge on any atom is -0.495 e. The van der Waals surface area contributed by atoms with Gasteiger partial charge >= 0.3 is 0 Å². The van der Waals surface area contributed by atoms with E-state index in [-0.39, 0.29) is 17.0 Å². The van der Waals surface area contributed by atoms with Crippen molar-refractivity contribution >= 4 is 58.0 Å². The van der Waals surface area contributed by atoms with Crippen LogP contribution in [0.4, 0.5) is 11.4 Å². The number of thiocarbonyl (C=S) groups is 1. The third kappa shape index (κ3) is 2.99. The summed E-state index contributed by atoms with van der Waals surface area (Å²) in [5.41, 5.74) is 1.32. The Balaban J connectivity index is 1.67. The summed E-state index contributed by atoms with van der Waals surface area (Å²) < 4.78 is 5.16. The quantitative estimate of drug-likeness (QED) is 0.408. The van der Waals surface area contributed by atoms with E-state index >= 15 is 0 Å². The number of non-ortho nitro benzene ring substituents is 1. The molecule has 2 aliphatic heterocycles. The van der Waals surface area contributed by atoms with Crippen molar-refractivity contribution in [1.29, 1.82) is 0 Å². The maximum absolute atomic E-state index is 13.0. The van der Waals surface area contributed by atoms with Crippen LogP contribution in [-0.4, -0.2) is 39.7 Å². The maximum Gasteiger partial charge on any atom is 0.269 e. The molecule has 2 aliphatic rings. The summed E-state index contributed by atoms with van der Waals surface area (Å²) in [6.07, 6.45) is 0. The first-order chi connectivity index (χ1) is 13.4. The maximum atomic E-state index is 13.0. The second kappa shape index (κ2) is 7.23. The second-order valence-electron chi connectivity index (χ2n) is 6.24. The number of nitrogens with zero attached hydrogens (tertiary/aromatic N) is 3. The van der Waals surface area contributed by atoms with Gasteiger partial charge in [0.2, 0.25) is 0 Å². The van der Waals surface area contributed by atoms with Crippen molar-refractivity contribution in [2.75, 3.05) is 17.8 Å². The van der Waals surface area contributed by atoms with E-state index in [1.807, 2.05) is 11.0 Å². The van der Waals surface area contributed by atoms with E-state index in [1.54, 1.807) is 36.0 Å². The number of halogens is 1. The third-order valence-corrected chi connectivity index (χ3v) is 6.69. The van der Waals surface area contributed by atoms with Gasteiger partial charge in [0, 0.05) is 17.9 Å². The van der Waals surface area contributed by atoms with Gasteiger partial charge in [-0.3, -0.25) is 19.8 Å². The van der Waals surface area contributed by atoms with Crippen LogP contribution in [0, 0.1) is 10.1 Å². The van der Waals surface area contributed by atoms with Crippen LogP contribution < -0.4 is 9.64 Å². The lowest BCUT2D eigenvalue weighted by Crippen LogP contribution is -2.33. The van der Waals surface area contributed by atoms with E-state index < -0.39 is 11.0 Å². The molecule has 2 atom stereocenters. The van der Waals surface area contributed by atoms with Gasteiger partial charge in [0.05, 0.1) is 22.7 Å². The predicted molar refractivity (Wildman–Crippen MR) is 112 cm³/mol. The van der Waals surface area contributed by atoms with Crippen LogP contribution in [-0.2, 0) is 4.79 Å². The zero-order valence-corrected chi connectivity index (χ0v) is 17.0. The monoisotopic (exact) mass is 435 g/mol. The standard InChI is InChI=1S/C18H14ClN3O4S2/c1-26-15-6-5-11(8-13(15)19)20-16(23)14-9-28-17(21(14)18(20)27)10-3-2-4-12(7-10)22(24)25/h2-8,14,17H,9H2,1H3. The van der Waals surface area contributed by atoms with E-state index in [1.165, 1.54) is 24.1 Å². The number of ether oxygens (including phenoxy) is 1. The van der Waals surface area contributed by atoms with Gasteiger partial charge in [0.15, 0.2) is 5.11 Å². The largest absolute Gasteiger partial charge is 0.495 e. The fourth-order valence-electron chi connectivity index (χ4n) is 3.37. The number of rotatable bonds is 4. The molecule has 0 aromatic heterocycles. The molecule has 2 aromatic carbocycles. The van der Waals surface area contributed by atoms with E-state index in [2.05, 4.69) is 0 Å². The summed E-state index contributed by atoms with van der Waals surface area (Å²) in [6.45, 7) is 0. The van der Waals surface area contributed by atoms with Gasteiger partial charge < -0.3 is 9.64 Å². The van der Waals surface area contributed by atoms with Crippen LogP contribution in [0.25, 0.3) is 0 Å². The molecule has 0 radical (unpaired) electrons. The smallest absolute Gasteiger partial charge is 0.269 e. The van der Waals surface area contributed by atoms with Crippen LogP contribution in [0.1, 0.15) is 10.9 Å². The van der Waals surface area contributed by atoms with Crippen molar-refractivity contribution in [2.45, 2.75) is 11.4 Å². The summed E-state index contributed by atoms with van der Waals surface area (Å²) in [6, 6.07) is 11.1. The van der Waals surface area contributed by atoms with Crippen molar-refractivity contribution in [2.24, 2.45) is 0 Å². The lowest BCUT2D eigenvalue weighted by atomic mass is 10.1. The fraction of sp³-hybridized carbons (Fsp3) is 0.222. The molecule has 1 amide bonds. The van der Waals surface area contributed by atoms with Crippen LogP contribution in [0.3, 0.4) is 0 Å². The zero-order chi connectivity index (χ0) is 20.0.